The van der Waals surface area contributed by atoms with Crippen LogP contribution in [0.15, 0.2) is 72.8 Å². The van der Waals surface area contributed by atoms with Crippen molar-refractivity contribution in [2.75, 3.05) is 0 Å². The predicted octanol–water partition coefficient (Wildman–Crippen LogP) is 3.54. The van der Waals surface area contributed by atoms with Crippen LogP contribution in [0.25, 0.3) is 0 Å². The predicted molar refractivity (Wildman–Crippen MR) is 92.6 cm³/mol. The third kappa shape index (κ3) is 3.81. The number of ether oxygens (including phenoxy) is 2. The SMILES string of the molecule is O=C(Oc1cc(OC(=O)c2ccccc2)c(O)cc1O)c1ccccc1. The lowest BCUT2D eigenvalue weighted by molar-refractivity contribution is 0.0725. The summed E-state index contributed by atoms with van der Waals surface area (Å²) in [6, 6.07) is 18.4. The molecule has 0 aliphatic rings. The second kappa shape index (κ2) is 7.40. The van der Waals surface area contributed by atoms with Crippen LogP contribution in [0, 0.1) is 0 Å². The van der Waals surface area contributed by atoms with Crippen molar-refractivity contribution >= 4 is 11.9 Å². The van der Waals surface area contributed by atoms with E-state index in [1.54, 1.807) is 60.7 Å². The van der Waals surface area contributed by atoms with Gasteiger partial charge in [0.05, 0.1) is 11.1 Å². The summed E-state index contributed by atoms with van der Waals surface area (Å²) in [6.45, 7) is 0. The molecule has 6 heteroatoms. The summed E-state index contributed by atoms with van der Waals surface area (Å²) < 4.78 is 10.2. The summed E-state index contributed by atoms with van der Waals surface area (Å²) in [6.07, 6.45) is 0. The van der Waals surface area contributed by atoms with E-state index >= 15 is 0 Å². The maximum Gasteiger partial charge on any atom is 0.343 e. The molecule has 0 spiro atoms. The molecule has 0 atom stereocenters. The van der Waals surface area contributed by atoms with Gasteiger partial charge in [0.2, 0.25) is 0 Å². The minimum atomic E-state index is -0.702. The van der Waals surface area contributed by atoms with E-state index in [2.05, 4.69) is 0 Å². The quantitative estimate of drug-likeness (QED) is 0.552. The summed E-state index contributed by atoms with van der Waals surface area (Å²) >= 11 is 0. The number of benzene rings is 3. The molecule has 0 heterocycles. The lowest BCUT2D eigenvalue weighted by atomic mass is 10.2. The van der Waals surface area contributed by atoms with Gasteiger partial charge in [0.1, 0.15) is 0 Å². The first-order valence-electron chi connectivity index (χ1n) is 7.65. The molecule has 0 fully saturated rings. The average Bonchev–Trinajstić information content (AvgIpc) is 2.66. The number of phenolic OH excluding ortho intramolecular Hbond substituents is 2. The normalized spacial score (nSPS) is 10.2. The lowest BCUT2D eigenvalue weighted by Crippen LogP contribution is -2.10. The molecule has 0 unspecified atom stereocenters. The van der Waals surface area contributed by atoms with Gasteiger partial charge in [-0.15, -0.1) is 0 Å². The zero-order chi connectivity index (χ0) is 18.5. The molecule has 0 saturated heterocycles. The van der Waals surface area contributed by atoms with E-state index in [0.29, 0.717) is 0 Å². The standard InChI is InChI=1S/C20H14O6/c21-15-11-16(22)18(26-20(24)14-9-5-2-6-10-14)12-17(15)25-19(23)13-7-3-1-4-8-13/h1-12,21-22H. The summed E-state index contributed by atoms with van der Waals surface area (Å²) in [5.41, 5.74) is 0.561. The van der Waals surface area contributed by atoms with Crippen LogP contribution >= 0.6 is 0 Å². The van der Waals surface area contributed by atoms with Crippen LogP contribution < -0.4 is 9.47 Å². The molecular weight excluding hydrogens is 336 g/mol. The van der Waals surface area contributed by atoms with Crippen LogP contribution in [0.2, 0.25) is 0 Å². The number of phenols is 2. The maximum atomic E-state index is 12.1. The van der Waals surface area contributed by atoms with Crippen molar-refractivity contribution in [3.8, 4) is 23.0 Å². The highest BCUT2D eigenvalue weighted by Crippen LogP contribution is 2.38. The zero-order valence-corrected chi connectivity index (χ0v) is 13.5. The smallest absolute Gasteiger partial charge is 0.343 e. The van der Waals surface area contributed by atoms with Crippen molar-refractivity contribution in [2.45, 2.75) is 0 Å². The molecule has 0 aliphatic heterocycles. The largest absolute Gasteiger partial charge is 0.504 e. The number of hydrogen-bond donors (Lipinski definition) is 2. The van der Waals surface area contributed by atoms with Crippen LogP contribution in [0.4, 0.5) is 0 Å². The molecule has 0 radical (unpaired) electrons. The van der Waals surface area contributed by atoms with Crippen molar-refractivity contribution in [2.24, 2.45) is 0 Å². The van der Waals surface area contributed by atoms with E-state index in [0.717, 1.165) is 12.1 Å². The molecule has 6 nitrogen and oxygen atoms in total. The topological polar surface area (TPSA) is 93.1 Å². The Hall–Kier alpha value is -3.80. The highest BCUT2D eigenvalue weighted by atomic mass is 16.6. The fourth-order valence-electron chi connectivity index (χ4n) is 2.17. The molecule has 2 N–H and O–H groups in total. The second-order valence-electron chi connectivity index (χ2n) is 5.30. The number of aromatic hydroxyl groups is 2. The average molecular weight is 350 g/mol. The lowest BCUT2D eigenvalue weighted by Gasteiger charge is -2.11. The van der Waals surface area contributed by atoms with Gasteiger partial charge in [0.15, 0.2) is 23.0 Å². The highest BCUT2D eigenvalue weighted by molar-refractivity contribution is 5.92. The molecule has 3 aromatic carbocycles. The van der Waals surface area contributed by atoms with Crippen molar-refractivity contribution in [3.63, 3.8) is 0 Å². The van der Waals surface area contributed by atoms with Crippen LogP contribution in [0.1, 0.15) is 20.7 Å². The van der Waals surface area contributed by atoms with E-state index in [9.17, 15) is 19.8 Å². The van der Waals surface area contributed by atoms with Crippen molar-refractivity contribution in [1.29, 1.82) is 0 Å². The minimum absolute atomic E-state index is 0.243. The zero-order valence-electron chi connectivity index (χ0n) is 13.5. The van der Waals surface area contributed by atoms with E-state index in [-0.39, 0.29) is 22.6 Å². The van der Waals surface area contributed by atoms with E-state index in [1.165, 1.54) is 0 Å². The Balaban J connectivity index is 1.83. The van der Waals surface area contributed by atoms with Crippen LogP contribution in [0.3, 0.4) is 0 Å². The van der Waals surface area contributed by atoms with E-state index in [4.69, 9.17) is 9.47 Å². The van der Waals surface area contributed by atoms with Gasteiger partial charge in [-0.1, -0.05) is 36.4 Å². The van der Waals surface area contributed by atoms with E-state index < -0.39 is 23.4 Å². The van der Waals surface area contributed by atoms with Crippen LogP contribution in [-0.4, -0.2) is 22.2 Å². The summed E-state index contributed by atoms with van der Waals surface area (Å²) in [5.74, 6) is -2.82. The van der Waals surface area contributed by atoms with Gasteiger partial charge in [-0.2, -0.15) is 0 Å². The molecular formula is C20H14O6. The van der Waals surface area contributed by atoms with Crippen molar-refractivity contribution < 1.29 is 29.3 Å². The van der Waals surface area contributed by atoms with Gasteiger partial charge in [-0.05, 0) is 24.3 Å². The Morgan fingerprint density at radius 2 is 1.00 bits per heavy atom. The number of carbonyl (C=O) groups excluding carboxylic acids is 2. The molecule has 0 aromatic heterocycles. The Bertz CT molecular complexity index is 861. The Labute approximate surface area is 148 Å². The fraction of sp³-hybridized carbons (Fsp3) is 0. The number of hydrogen-bond acceptors (Lipinski definition) is 6. The molecule has 0 saturated carbocycles. The monoisotopic (exact) mass is 350 g/mol. The molecule has 3 aromatic rings. The first kappa shape index (κ1) is 17.0. The molecule has 0 amide bonds. The third-order valence-corrected chi connectivity index (χ3v) is 3.46. The van der Waals surface area contributed by atoms with Gasteiger partial charge in [-0.25, -0.2) is 9.59 Å². The van der Waals surface area contributed by atoms with Crippen molar-refractivity contribution in [1.82, 2.24) is 0 Å². The Morgan fingerprint density at radius 1 is 0.615 bits per heavy atom. The minimum Gasteiger partial charge on any atom is -0.504 e. The molecule has 130 valence electrons. The Kier molecular flexibility index (Phi) is 4.85. The molecule has 3 rings (SSSR count). The van der Waals surface area contributed by atoms with Crippen LogP contribution in [-0.2, 0) is 0 Å². The number of esters is 2. The highest BCUT2D eigenvalue weighted by Gasteiger charge is 2.18. The van der Waals surface area contributed by atoms with E-state index in [1.807, 2.05) is 0 Å². The molecule has 0 bridgehead atoms. The molecule has 26 heavy (non-hydrogen) atoms. The summed E-state index contributed by atoms with van der Waals surface area (Å²) in [7, 11) is 0. The van der Waals surface area contributed by atoms with Gasteiger partial charge in [0, 0.05) is 12.1 Å². The van der Waals surface area contributed by atoms with Gasteiger partial charge >= 0.3 is 11.9 Å². The second-order valence-corrected chi connectivity index (χ2v) is 5.30. The van der Waals surface area contributed by atoms with Crippen LogP contribution in [0.5, 0.6) is 23.0 Å². The first-order chi connectivity index (χ1) is 12.5. The van der Waals surface area contributed by atoms with Gasteiger partial charge in [-0.3, -0.25) is 0 Å². The summed E-state index contributed by atoms with van der Waals surface area (Å²) in [5, 5.41) is 19.8. The summed E-state index contributed by atoms with van der Waals surface area (Å²) in [4.78, 5) is 24.2. The van der Waals surface area contributed by atoms with Crippen molar-refractivity contribution in [3.05, 3.63) is 83.9 Å². The number of rotatable bonds is 4. The third-order valence-electron chi connectivity index (χ3n) is 3.46. The molecule has 0 aliphatic carbocycles. The number of carbonyl (C=O) groups is 2. The Morgan fingerprint density at radius 3 is 1.38 bits per heavy atom. The fourth-order valence-corrected chi connectivity index (χ4v) is 2.17. The first-order valence-corrected chi connectivity index (χ1v) is 7.65. The van der Waals surface area contributed by atoms with Gasteiger partial charge < -0.3 is 19.7 Å². The van der Waals surface area contributed by atoms with Gasteiger partial charge in [0.25, 0.3) is 0 Å². The maximum absolute atomic E-state index is 12.1.